The third-order valence-corrected chi connectivity index (χ3v) is 3.26. The van der Waals surface area contributed by atoms with Crippen LogP contribution in [0.15, 0.2) is 36.7 Å². The molecule has 1 aromatic carbocycles. The van der Waals surface area contributed by atoms with Crippen LogP contribution in [0.5, 0.6) is 0 Å². The number of rotatable bonds is 6. The number of anilines is 1. The second-order valence-electron chi connectivity index (χ2n) is 5.09. The number of nitrogens with two attached hydrogens (primary N) is 1. The highest BCUT2D eigenvalue weighted by atomic mass is 15.2. The first-order chi connectivity index (χ1) is 10.1. The number of nitrogens with one attached hydrogen (secondary N) is 1. The quantitative estimate of drug-likeness (QED) is 0.630. The van der Waals surface area contributed by atoms with E-state index in [1.165, 1.54) is 0 Å². The van der Waals surface area contributed by atoms with Gasteiger partial charge in [-0.1, -0.05) is 31.5 Å². The zero-order chi connectivity index (χ0) is 15.2. The van der Waals surface area contributed by atoms with Crippen LogP contribution in [0.25, 0.3) is 0 Å². The number of benzene rings is 1. The normalized spacial score (nSPS) is 10.4. The molecular weight excluding hydrogens is 262 g/mol. The maximum atomic E-state index is 7.50. The fraction of sp³-hybridized carbons (Fsp3) is 0.312. The van der Waals surface area contributed by atoms with Gasteiger partial charge in [-0.3, -0.25) is 5.41 Å². The summed E-state index contributed by atoms with van der Waals surface area (Å²) in [5.41, 5.74) is 8.43. The third kappa shape index (κ3) is 4.02. The molecule has 1 aromatic heterocycles. The summed E-state index contributed by atoms with van der Waals surface area (Å²) in [5, 5.41) is 7.50. The van der Waals surface area contributed by atoms with Crippen LogP contribution in [0.3, 0.4) is 0 Å². The van der Waals surface area contributed by atoms with E-state index in [2.05, 4.69) is 21.8 Å². The molecule has 5 heteroatoms. The molecule has 110 valence electrons. The predicted molar refractivity (Wildman–Crippen MR) is 85.6 cm³/mol. The van der Waals surface area contributed by atoms with Crippen molar-refractivity contribution in [1.82, 2.24) is 9.97 Å². The first kappa shape index (κ1) is 15.0. The number of aromatic nitrogens is 2. The molecular formula is C16H21N5. The summed E-state index contributed by atoms with van der Waals surface area (Å²) in [6, 6.07) is 9.75. The summed E-state index contributed by atoms with van der Waals surface area (Å²) in [4.78, 5) is 10.7. The van der Waals surface area contributed by atoms with Crippen LogP contribution in [-0.2, 0) is 13.0 Å². The van der Waals surface area contributed by atoms with Crippen molar-refractivity contribution in [3.05, 3.63) is 53.5 Å². The van der Waals surface area contributed by atoms with E-state index in [0.717, 1.165) is 35.5 Å². The van der Waals surface area contributed by atoms with Crippen molar-refractivity contribution in [2.75, 3.05) is 11.9 Å². The molecule has 21 heavy (non-hydrogen) atoms. The Hall–Kier alpha value is -2.43. The minimum absolute atomic E-state index is 0.0896. The Kier molecular flexibility index (Phi) is 4.87. The highest BCUT2D eigenvalue weighted by Gasteiger charge is 2.06. The molecule has 2 aromatic rings. The number of amidine groups is 1. The molecule has 0 fully saturated rings. The van der Waals surface area contributed by atoms with Gasteiger partial charge in [0.05, 0.1) is 0 Å². The molecule has 5 nitrogen and oxygen atoms in total. The number of hydrogen-bond donors (Lipinski definition) is 2. The van der Waals surface area contributed by atoms with Gasteiger partial charge >= 0.3 is 0 Å². The summed E-state index contributed by atoms with van der Waals surface area (Å²) < 4.78 is 0. The van der Waals surface area contributed by atoms with Crippen LogP contribution < -0.4 is 10.6 Å². The molecule has 0 saturated carbocycles. The average molecular weight is 283 g/mol. The zero-order valence-electron chi connectivity index (χ0n) is 12.5. The summed E-state index contributed by atoms with van der Waals surface area (Å²) in [7, 11) is 2.00. The fourth-order valence-corrected chi connectivity index (χ4v) is 2.18. The summed E-state index contributed by atoms with van der Waals surface area (Å²) >= 11 is 0. The van der Waals surface area contributed by atoms with Crippen molar-refractivity contribution >= 4 is 11.7 Å². The van der Waals surface area contributed by atoms with Crippen LogP contribution >= 0.6 is 0 Å². The Labute approximate surface area is 125 Å². The van der Waals surface area contributed by atoms with Crippen molar-refractivity contribution in [3.8, 4) is 0 Å². The lowest BCUT2D eigenvalue weighted by Crippen LogP contribution is -2.19. The average Bonchev–Trinajstić information content (AvgIpc) is 2.48. The highest BCUT2D eigenvalue weighted by molar-refractivity contribution is 5.95. The van der Waals surface area contributed by atoms with Gasteiger partial charge in [0.25, 0.3) is 0 Å². The topological polar surface area (TPSA) is 78.9 Å². The van der Waals surface area contributed by atoms with Gasteiger partial charge in [-0.05, 0) is 18.1 Å². The van der Waals surface area contributed by atoms with E-state index in [4.69, 9.17) is 11.1 Å². The zero-order valence-corrected chi connectivity index (χ0v) is 12.5. The van der Waals surface area contributed by atoms with Gasteiger partial charge < -0.3 is 10.6 Å². The van der Waals surface area contributed by atoms with Gasteiger partial charge in [-0.15, -0.1) is 0 Å². The van der Waals surface area contributed by atoms with E-state index in [-0.39, 0.29) is 5.84 Å². The molecule has 0 saturated heterocycles. The van der Waals surface area contributed by atoms with Gasteiger partial charge in [0.1, 0.15) is 18.0 Å². The van der Waals surface area contributed by atoms with E-state index in [0.29, 0.717) is 6.54 Å². The second-order valence-corrected chi connectivity index (χ2v) is 5.09. The van der Waals surface area contributed by atoms with Crippen LogP contribution in [0, 0.1) is 5.41 Å². The molecule has 0 bridgehead atoms. The monoisotopic (exact) mass is 283 g/mol. The Balaban J connectivity index is 2.13. The fourth-order valence-electron chi connectivity index (χ4n) is 2.18. The van der Waals surface area contributed by atoms with Gasteiger partial charge in [0.2, 0.25) is 0 Å². The van der Waals surface area contributed by atoms with Crippen molar-refractivity contribution < 1.29 is 0 Å². The minimum atomic E-state index is 0.0896. The lowest BCUT2D eigenvalue weighted by Gasteiger charge is -2.19. The van der Waals surface area contributed by atoms with Crippen molar-refractivity contribution in [3.63, 3.8) is 0 Å². The Morgan fingerprint density at radius 3 is 2.81 bits per heavy atom. The molecule has 1 heterocycles. The Bertz CT molecular complexity index is 624. The van der Waals surface area contributed by atoms with Crippen LogP contribution in [-0.4, -0.2) is 22.9 Å². The summed E-state index contributed by atoms with van der Waals surface area (Å²) in [5.74, 6) is 0.994. The minimum Gasteiger partial charge on any atom is -0.384 e. The van der Waals surface area contributed by atoms with E-state index < -0.39 is 0 Å². The molecule has 0 atom stereocenters. The molecule has 0 unspecified atom stereocenters. The van der Waals surface area contributed by atoms with Gasteiger partial charge in [0, 0.05) is 30.9 Å². The Morgan fingerprint density at radius 2 is 2.10 bits per heavy atom. The predicted octanol–water partition coefficient (Wildman–Crippen LogP) is 2.35. The van der Waals surface area contributed by atoms with E-state index in [1.807, 2.05) is 37.4 Å². The van der Waals surface area contributed by atoms with Crippen LogP contribution in [0.1, 0.15) is 30.2 Å². The SMILES string of the molecule is CCCc1cc(N(C)Cc2cccc(C(=N)N)c2)ncn1. The van der Waals surface area contributed by atoms with Crippen LogP contribution in [0.2, 0.25) is 0 Å². The molecule has 0 aliphatic heterocycles. The maximum Gasteiger partial charge on any atom is 0.132 e. The highest BCUT2D eigenvalue weighted by Crippen LogP contribution is 2.14. The van der Waals surface area contributed by atoms with Crippen molar-refractivity contribution in [1.29, 1.82) is 5.41 Å². The standard InChI is InChI=1S/C16H21N5/c1-3-5-14-9-15(20-11-19-14)21(2)10-12-6-4-7-13(8-12)16(17)18/h4,6-9,11H,3,5,10H2,1-2H3,(H3,17,18). The van der Waals surface area contributed by atoms with Crippen molar-refractivity contribution in [2.24, 2.45) is 5.73 Å². The smallest absolute Gasteiger partial charge is 0.132 e. The third-order valence-electron chi connectivity index (χ3n) is 3.26. The molecule has 0 spiro atoms. The number of nitrogen functional groups attached to an aromatic ring is 1. The Morgan fingerprint density at radius 1 is 1.29 bits per heavy atom. The van der Waals surface area contributed by atoms with Crippen LogP contribution in [0.4, 0.5) is 5.82 Å². The van der Waals surface area contributed by atoms with Crippen molar-refractivity contribution in [2.45, 2.75) is 26.3 Å². The number of hydrogen-bond acceptors (Lipinski definition) is 4. The lowest BCUT2D eigenvalue weighted by molar-refractivity contribution is 0.846. The first-order valence-electron chi connectivity index (χ1n) is 7.05. The lowest BCUT2D eigenvalue weighted by atomic mass is 10.1. The molecule has 0 radical (unpaired) electrons. The molecule has 0 aliphatic carbocycles. The van der Waals surface area contributed by atoms with E-state index >= 15 is 0 Å². The van der Waals surface area contributed by atoms with Gasteiger partial charge in [-0.25, -0.2) is 9.97 Å². The van der Waals surface area contributed by atoms with E-state index in [1.54, 1.807) is 6.33 Å². The van der Waals surface area contributed by atoms with Gasteiger partial charge in [-0.2, -0.15) is 0 Å². The summed E-state index contributed by atoms with van der Waals surface area (Å²) in [6.45, 7) is 2.85. The molecule has 0 aliphatic rings. The van der Waals surface area contributed by atoms with Gasteiger partial charge in [0.15, 0.2) is 0 Å². The number of aryl methyl sites for hydroxylation is 1. The van der Waals surface area contributed by atoms with E-state index in [9.17, 15) is 0 Å². The number of nitrogens with zero attached hydrogens (tertiary/aromatic N) is 3. The summed E-state index contributed by atoms with van der Waals surface area (Å²) in [6.07, 6.45) is 3.65. The molecule has 2 rings (SSSR count). The molecule has 0 amide bonds. The second kappa shape index (κ2) is 6.83. The largest absolute Gasteiger partial charge is 0.384 e. The first-order valence-corrected chi connectivity index (χ1v) is 7.05. The maximum absolute atomic E-state index is 7.50. The molecule has 3 N–H and O–H groups in total.